The number of hydrogen-bond donors (Lipinski definition) is 2. The molecule has 1 fully saturated rings. The van der Waals surface area contributed by atoms with Gasteiger partial charge in [-0.1, -0.05) is 6.07 Å². The third-order valence-electron chi connectivity index (χ3n) is 5.58. The van der Waals surface area contributed by atoms with Crippen LogP contribution in [0.5, 0.6) is 0 Å². The Morgan fingerprint density at radius 2 is 1.87 bits per heavy atom. The monoisotopic (exact) mass is 423 g/mol. The van der Waals surface area contributed by atoms with Crippen LogP contribution >= 0.6 is 0 Å². The number of H-pyrrole nitrogens is 1. The van der Waals surface area contributed by atoms with Gasteiger partial charge in [0.15, 0.2) is 11.5 Å². The topological polar surface area (TPSA) is 116 Å². The van der Waals surface area contributed by atoms with Crippen LogP contribution in [0.1, 0.15) is 23.0 Å². The average molecular weight is 423 g/mol. The van der Waals surface area contributed by atoms with Crippen molar-refractivity contribution >= 4 is 22.6 Å². The predicted octanol–water partition coefficient (Wildman–Crippen LogP) is 0.182. The van der Waals surface area contributed by atoms with Crippen LogP contribution in [0.15, 0.2) is 39.9 Å². The van der Waals surface area contributed by atoms with Crippen molar-refractivity contribution in [1.29, 1.82) is 0 Å². The first-order valence-corrected chi connectivity index (χ1v) is 10.3. The van der Waals surface area contributed by atoms with E-state index in [0.29, 0.717) is 23.1 Å². The molecule has 1 saturated heterocycles. The largest absolute Gasteiger partial charge is 0.354 e. The maximum absolute atomic E-state index is 12.4. The van der Waals surface area contributed by atoms with Crippen molar-refractivity contribution in [3.05, 3.63) is 62.4 Å². The van der Waals surface area contributed by atoms with Gasteiger partial charge in [0.05, 0.1) is 10.9 Å². The first-order chi connectivity index (χ1) is 15.0. The number of rotatable bonds is 5. The molecule has 0 spiro atoms. The molecule has 3 heterocycles. The van der Waals surface area contributed by atoms with Crippen molar-refractivity contribution in [2.45, 2.75) is 20.0 Å². The molecule has 0 radical (unpaired) electrons. The minimum atomic E-state index is -0.380. The van der Waals surface area contributed by atoms with Crippen LogP contribution in [-0.4, -0.2) is 63.8 Å². The molecule has 1 aromatic carbocycles. The minimum Gasteiger partial charge on any atom is -0.354 e. The maximum Gasteiger partial charge on any atom is 0.328 e. The number of aromatic nitrogens is 4. The van der Waals surface area contributed by atoms with Gasteiger partial charge in [0.2, 0.25) is 0 Å². The normalized spacial score (nSPS) is 14.7. The van der Waals surface area contributed by atoms with Gasteiger partial charge in [-0.2, -0.15) is 0 Å². The molecule has 0 saturated carbocycles. The second kappa shape index (κ2) is 8.68. The van der Waals surface area contributed by atoms with E-state index < -0.39 is 0 Å². The number of fused-ring (bicyclic) bond motifs is 1. The molecule has 0 atom stereocenters. The van der Waals surface area contributed by atoms with Gasteiger partial charge in [-0.05, 0) is 36.8 Å². The quantitative estimate of drug-likeness (QED) is 0.601. The lowest BCUT2D eigenvalue weighted by Crippen LogP contribution is -2.46. The molecule has 31 heavy (non-hydrogen) atoms. The smallest absolute Gasteiger partial charge is 0.328 e. The molecule has 2 N–H and O–H groups in total. The van der Waals surface area contributed by atoms with E-state index >= 15 is 0 Å². The van der Waals surface area contributed by atoms with Crippen molar-refractivity contribution in [2.75, 3.05) is 38.1 Å². The van der Waals surface area contributed by atoms with Crippen molar-refractivity contribution in [3.63, 3.8) is 0 Å². The van der Waals surface area contributed by atoms with Crippen LogP contribution in [0, 0.1) is 0 Å². The third kappa shape index (κ3) is 4.19. The summed E-state index contributed by atoms with van der Waals surface area (Å²) in [5, 5.41) is 11.2. The molecule has 10 heteroatoms. The number of piperazine rings is 1. The van der Waals surface area contributed by atoms with Gasteiger partial charge in [-0.15, -0.1) is 10.2 Å². The van der Waals surface area contributed by atoms with Gasteiger partial charge in [0.25, 0.3) is 11.5 Å². The molecule has 1 aliphatic heterocycles. The van der Waals surface area contributed by atoms with E-state index in [9.17, 15) is 14.4 Å². The summed E-state index contributed by atoms with van der Waals surface area (Å²) in [5.74, 6) is 0.497. The fourth-order valence-corrected chi connectivity index (χ4v) is 3.82. The molecule has 10 nitrogen and oxygen atoms in total. The predicted molar refractivity (Wildman–Crippen MR) is 117 cm³/mol. The summed E-state index contributed by atoms with van der Waals surface area (Å²) in [6.45, 7) is 6.10. The molecule has 2 aromatic heterocycles. The van der Waals surface area contributed by atoms with E-state index in [4.69, 9.17) is 0 Å². The zero-order chi connectivity index (χ0) is 22.0. The second-order valence-corrected chi connectivity index (χ2v) is 7.48. The van der Waals surface area contributed by atoms with Gasteiger partial charge in [0, 0.05) is 46.3 Å². The first kappa shape index (κ1) is 20.7. The van der Waals surface area contributed by atoms with Crippen LogP contribution in [0.4, 0.5) is 5.82 Å². The Hall–Kier alpha value is -3.53. The van der Waals surface area contributed by atoms with Gasteiger partial charge < -0.3 is 15.2 Å². The number of carbonyl (C=O) groups excluding carboxylic acids is 1. The molecule has 1 amide bonds. The van der Waals surface area contributed by atoms with Crippen molar-refractivity contribution in [1.82, 2.24) is 30.0 Å². The molecule has 162 valence electrons. The highest BCUT2D eigenvalue weighted by Crippen LogP contribution is 2.16. The molecular weight excluding hydrogens is 398 g/mol. The van der Waals surface area contributed by atoms with Gasteiger partial charge in [0.1, 0.15) is 0 Å². The molecule has 1 aliphatic rings. The molecule has 4 rings (SSSR count). The summed E-state index contributed by atoms with van der Waals surface area (Å²) in [6, 6.07) is 9.10. The Labute approximate surface area is 178 Å². The SMILES string of the molecule is CCn1c(=O)[nH]c2cc(CN3CCN(c4ccc(C(=O)NC)nn4)CC3)ccc2c1=O. The van der Waals surface area contributed by atoms with E-state index in [-0.39, 0.29) is 17.2 Å². The number of benzene rings is 1. The van der Waals surface area contributed by atoms with E-state index in [1.165, 1.54) is 4.57 Å². The molecule has 0 unspecified atom stereocenters. The van der Waals surface area contributed by atoms with Crippen LogP contribution in [0.2, 0.25) is 0 Å². The summed E-state index contributed by atoms with van der Waals surface area (Å²) in [4.78, 5) is 43.4. The zero-order valence-corrected chi connectivity index (χ0v) is 17.6. The van der Waals surface area contributed by atoms with Gasteiger partial charge in [-0.3, -0.25) is 19.1 Å². The fourth-order valence-electron chi connectivity index (χ4n) is 3.82. The van der Waals surface area contributed by atoms with Crippen LogP contribution in [0.3, 0.4) is 0 Å². The number of nitrogens with one attached hydrogen (secondary N) is 2. The lowest BCUT2D eigenvalue weighted by atomic mass is 10.1. The van der Waals surface area contributed by atoms with Crippen LogP contribution in [-0.2, 0) is 13.1 Å². The van der Waals surface area contributed by atoms with Crippen LogP contribution in [0.25, 0.3) is 10.9 Å². The molecule has 0 aliphatic carbocycles. The Morgan fingerprint density at radius 3 is 2.52 bits per heavy atom. The Morgan fingerprint density at radius 1 is 1.10 bits per heavy atom. The first-order valence-electron chi connectivity index (χ1n) is 10.3. The van der Waals surface area contributed by atoms with Gasteiger partial charge >= 0.3 is 5.69 Å². The van der Waals surface area contributed by atoms with E-state index in [2.05, 4.69) is 30.3 Å². The summed E-state index contributed by atoms with van der Waals surface area (Å²) >= 11 is 0. The Balaban J connectivity index is 1.42. The van der Waals surface area contributed by atoms with E-state index in [1.807, 2.05) is 18.2 Å². The fraction of sp³-hybridized carbons (Fsp3) is 0.381. The minimum absolute atomic E-state index is 0.255. The number of amides is 1. The number of nitrogens with zero attached hydrogens (tertiary/aromatic N) is 5. The number of aromatic amines is 1. The lowest BCUT2D eigenvalue weighted by molar-refractivity contribution is 0.0957. The summed E-state index contributed by atoms with van der Waals surface area (Å²) in [7, 11) is 1.56. The zero-order valence-electron chi connectivity index (χ0n) is 17.6. The highest BCUT2D eigenvalue weighted by Gasteiger charge is 2.19. The standard InChI is InChI=1S/C21H25N7O3/c1-3-28-20(30)15-5-4-14(12-17(15)23-21(28)31)13-26-8-10-27(11-9-26)18-7-6-16(24-25-18)19(29)22-2/h4-7,12H,3,8-11,13H2,1-2H3,(H,22,29)(H,23,31). The number of carbonyl (C=O) groups is 1. The summed E-state index contributed by atoms with van der Waals surface area (Å²) in [6.07, 6.45) is 0. The van der Waals surface area contributed by atoms with Crippen molar-refractivity contribution < 1.29 is 4.79 Å². The molecule has 0 bridgehead atoms. The molecular formula is C21H25N7O3. The Bertz CT molecular complexity index is 1210. The van der Waals surface area contributed by atoms with E-state index in [1.54, 1.807) is 26.1 Å². The molecule has 3 aromatic rings. The van der Waals surface area contributed by atoms with Crippen LogP contribution < -0.4 is 21.5 Å². The van der Waals surface area contributed by atoms with Gasteiger partial charge in [-0.25, -0.2) is 4.79 Å². The highest BCUT2D eigenvalue weighted by atomic mass is 16.2. The summed E-state index contributed by atoms with van der Waals surface area (Å²) in [5.41, 5.74) is 1.27. The highest BCUT2D eigenvalue weighted by molar-refractivity contribution is 5.91. The van der Waals surface area contributed by atoms with Crippen molar-refractivity contribution in [3.8, 4) is 0 Å². The van der Waals surface area contributed by atoms with Crippen molar-refractivity contribution in [2.24, 2.45) is 0 Å². The lowest BCUT2D eigenvalue weighted by Gasteiger charge is -2.35. The second-order valence-electron chi connectivity index (χ2n) is 7.48. The Kier molecular flexibility index (Phi) is 5.81. The number of hydrogen-bond acceptors (Lipinski definition) is 7. The number of anilines is 1. The van der Waals surface area contributed by atoms with E-state index in [0.717, 1.165) is 44.1 Å². The summed E-state index contributed by atoms with van der Waals surface area (Å²) < 4.78 is 1.20. The maximum atomic E-state index is 12.4. The average Bonchev–Trinajstić information content (AvgIpc) is 2.79. The third-order valence-corrected chi connectivity index (χ3v) is 5.58.